The average molecular weight is 315 g/mol. The molecule has 0 atom stereocenters. The summed E-state index contributed by atoms with van der Waals surface area (Å²) < 4.78 is 0. The molecule has 9 heteroatoms. The van der Waals surface area contributed by atoms with Crippen molar-refractivity contribution in [1.29, 1.82) is 0 Å². The quantitative estimate of drug-likeness (QED) is 0.471. The first kappa shape index (κ1) is 15.8. The molecule has 0 amide bonds. The van der Waals surface area contributed by atoms with Crippen molar-refractivity contribution < 1.29 is 14.8 Å². The maximum absolute atomic E-state index is 11.0. The fraction of sp³-hybridized carbons (Fsp3) is 0. The monoisotopic (exact) mass is 315 g/mol. The zero-order valence-electron chi connectivity index (χ0n) is 11.5. The van der Waals surface area contributed by atoms with Crippen molar-refractivity contribution in [2.75, 3.05) is 0 Å². The Labute approximate surface area is 128 Å². The molecule has 0 aliphatic heterocycles. The van der Waals surface area contributed by atoms with Crippen LogP contribution >= 0.6 is 0 Å². The van der Waals surface area contributed by atoms with Crippen molar-refractivity contribution in [1.82, 2.24) is 0 Å². The van der Waals surface area contributed by atoms with E-state index in [0.717, 1.165) is 12.1 Å². The molecule has 0 bridgehead atoms. The summed E-state index contributed by atoms with van der Waals surface area (Å²) in [5.74, 6) is 0. The highest BCUT2D eigenvalue weighted by atomic mass is 16.6. The minimum Gasteiger partial charge on any atom is -0.258 e. The molecule has 2 aromatic carbocycles. The summed E-state index contributed by atoms with van der Waals surface area (Å²) in [5, 5.41) is 32.6. The molecule has 0 aromatic heterocycles. The number of nitro groups is 3. The summed E-state index contributed by atoms with van der Waals surface area (Å²) in [6.45, 7) is 0. The first-order chi connectivity index (χ1) is 10.9. The van der Waals surface area contributed by atoms with Crippen LogP contribution in [0.5, 0.6) is 0 Å². The van der Waals surface area contributed by atoms with Gasteiger partial charge in [0.2, 0.25) is 0 Å². The fourth-order valence-corrected chi connectivity index (χ4v) is 1.92. The number of non-ortho nitro benzene ring substituents is 1. The number of para-hydroxylation sites is 1. The van der Waals surface area contributed by atoms with Gasteiger partial charge in [-0.05, 0) is 24.3 Å². The zero-order valence-corrected chi connectivity index (χ0v) is 11.5. The van der Waals surface area contributed by atoms with Crippen LogP contribution in [0.15, 0.2) is 42.5 Å². The second-order valence-corrected chi connectivity index (χ2v) is 4.41. The Hall–Kier alpha value is -3.62. The van der Waals surface area contributed by atoms with Crippen LogP contribution in [0.3, 0.4) is 0 Å². The van der Waals surface area contributed by atoms with Crippen LogP contribution in [-0.2, 0) is 0 Å². The lowest BCUT2D eigenvalue weighted by atomic mass is 10.1. The van der Waals surface area contributed by atoms with Gasteiger partial charge < -0.3 is 0 Å². The van der Waals surface area contributed by atoms with Crippen LogP contribution in [0, 0.1) is 30.3 Å². The van der Waals surface area contributed by atoms with E-state index >= 15 is 0 Å². The number of nitro benzene ring substituents is 3. The van der Waals surface area contributed by atoms with E-state index in [9.17, 15) is 30.3 Å². The molecular weight excluding hydrogens is 306 g/mol. The standard InChI is InChI=1S/C14H9N3O6/c18-15(19)12-8-7-11(14(9-12)17(22)23)6-5-10-3-1-2-4-13(10)16(20)21/h1-9H. The number of hydrogen-bond acceptors (Lipinski definition) is 6. The molecule has 0 radical (unpaired) electrons. The predicted octanol–water partition coefficient (Wildman–Crippen LogP) is 3.58. The Morgan fingerprint density at radius 1 is 0.696 bits per heavy atom. The first-order valence-electron chi connectivity index (χ1n) is 6.24. The van der Waals surface area contributed by atoms with E-state index in [1.807, 2.05) is 0 Å². The molecule has 116 valence electrons. The predicted molar refractivity (Wildman–Crippen MR) is 81.8 cm³/mol. The average Bonchev–Trinajstić information content (AvgIpc) is 2.52. The molecule has 9 nitrogen and oxygen atoms in total. The molecule has 0 heterocycles. The van der Waals surface area contributed by atoms with Crippen LogP contribution in [0.4, 0.5) is 17.1 Å². The second-order valence-electron chi connectivity index (χ2n) is 4.41. The summed E-state index contributed by atoms with van der Waals surface area (Å²) in [7, 11) is 0. The third kappa shape index (κ3) is 3.53. The summed E-state index contributed by atoms with van der Waals surface area (Å²) >= 11 is 0. The van der Waals surface area contributed by atoms with Gasteiger partial charge in [0, 0.05) is 12.1 Å². The SMILES string of the molecule is O=[N+]([O-])c1ccc(C=Cc2ccccc2[N+](=O)[O-])c([N+](=O)[O-])c1. The van der Waals surface area contributed by atoms with Gasteiger partial charge in [0.1, 0.15) is 0 Å². The lowest BCUT2D eigenvalue weighted by molar-refractivity contribution is -0.394. The lowest BCUT2D eigenvalue weighted by Crippen LogP contribution is -1.95. The van der Waals surface area contributed by atoms with Crippen molar-refractivity contribution in [3.63, 3.8) is 0 Å². The Bertz CT molecular complexity index is 831. The lowest BCUT2D eigenvalue weighted by Gasteiger charge is -1.99. The highest BCUT2D eigenvalue weighted by Gasteiger charge is 2.18. The van der Waals surface area contributed by atoms with Crippen molar-refractivity contribution >= 4 is 29.2 Å². The Kier molecular flexibility index (Phi) is 4.41. The molecule has 0 saturated carbocycles. The molecule has 0 aliphatic rings. The van der Waals surface area contributed by atoms with Crippen molar-refractivity contribution in [3.05, 3.63) is 83.9 Å². The smallest absolute Gasteiger partial charge is 0.258 e. The van der Waals surface area contributed by atoms with Gasteiger partial charge in [0.05, 0.1) is 32.0 Å². The maximum atomic E-state index is 11.0. The molecule has 0 spiro atoms. The van der Waals surface area contributed by atoms with E-state index in [1.165, 1.54) is 36.4 Å². The third-order valence-corrected chi connectivity index (χ3v) is 3.00. The summed E-state index contributed by atoms with van der Waals surface area (Å²) in [6.07, 6.45) is 2.66. The highest BCUT2D eigenvalue weighted by molar-refractivity contribution is 5.78. The van der Waals surface area contributed by atoms with Gasteiger partial charge in [-0.15, -0.1) is 0 Å². The first-order valence-corrected chi connectivity index (χ1v) is 6.24. The minimum atomic E-state index is -0.744. The summed E-state index contributed by atoms with van der Waals surface area (Å²) in [5.41, 5.74) is -0.620. The number of benzene rings is 2. The molecule has 0 fully saturated rings. The van der Waals surface area contributed by atoms with Crippen molar-refractivity contribution in [2.24, 2.45) is 0 Å². The second kappa shape index (κ2) is 6.43. The Morgan fingerprint density at radius 3 is 1.83 bits per heavy atom. The largest absolute Gasteiger partial charge is 0.283 e. The van der Waals surface area contributed by atoms with Crippen LogP contribution < -0.4 is 0 Å². The topological polar surface area (TPSA) is 129 Å². The van der Waals surface area contributed by atoms with Crippen LogP contribution in [-0.4, -0.2) is 14.8 Å². The Morgan fingerprint density at radius 2 is 1.26 bits per heavy atom. The van der Waals surface area contributed by atoms with Gasteiger partial charge in [-0.25, -0.2) is 0 Å². The molecule has 2 aromatic rings. The van der Waals surface area contributed by atoms with Gasteiger partial charge in [0.15, 0.2) is 0 Å². The molecule has 0 unspecified atom stereocenters. The van der Waals surface area contributed by atoms with E-state index in [2.05, 4.69) is 0 Å². The maximum Gasteiger partial charge on any atom is 0.283 e. The Balaban J connectivity index is 2.46. The number of nitrogens with zero attached hydrogens (tertiary/aromatic N) is 3. The van der Waals surface area contributed by atoms with Crippen molar-refractivity contribution in [3.8, 4) is 0 Å². The molecule has 0 saturated heterocycles. The van der Waals surface area contributed by atoms with Gasteiger partial charge in [0.25, 0.3) is 17.1 Å². The molecular formula is C14H9N3O6. The minimum absolute atomic E-state index is 0.110. The molecule has 0 N–H and O–H groups in total. The van der Waals surface area contributed by atoms with Gasteiger partial charge in [-0.2, -0.15) is 0 Å². The van der Waals surface area contributed by atoms with Gasteiger partial charge in [-0.3, -0.25) is 30.3 Å². The molecule has 2 rings (SSSR count). The highest BCUT2D eigenvalue weighted by Crippen LogP contribution is 2.27. The zero-order chi connectivity index (χ0) is 17.0. The number of hydrogen-bond donors (Lipinski definition) is 0. The van der Waals surface area contributed by atoms with Crippen molar-refractivity contribution in [2.45, 2.75) is 0 Å². The van der Waals surface area contributed by atoms with Crippen LogP contribution in [0.2, 0.25) is 0 Å². The number of rotatable bonds is 5. The van der Waals surface area contributed by atoms with Gasteiger partial charge >= 0.3 is 0 Å². The third-order valence-electron chi connectivity index (χ3n) is 3.00. The normalized spacial score (nSPS) is 10.6. The van der Waals surface area contributed by atoms with E-state index in [-0.39, 0.29) is 16.8 Å². The van der Waals surface area contributed by atoms with E-state index < -0.39 is 26.1 Å². The summed E-state index contributed by atoms with van der Waals surface area (Å²) in [6, 6.07) is 9.10. The van der Waals surface area contributed by atoms with E-state index in [1.54, 1.807) is 6.07 Å². The molecule has 23 heavy (non-hydrogen) atoms. The van der Waals surface area contributed by atoms with Gasteiger partial charge in [-0.1, -0.05) is 12.1 Å². The van der Waals surface area contributed by atoms with E-state index in [4.69, 9.17) is 0 Å². The van der Waals surface area contributed by atoms with E-state index in [0.29, 0.717) is 0 Å². The fourth-order valence-electron chi connectivity index (χ4n) is 1.92. The van der Waals surface area contributed by atoms with Crippen LogP contribution in [0.1, 0.15) is 11.1 Å². The molecule has 0 aliphatic carbocycles. The van der Waals surface area contributed by atoms with Crippen LogP contribution in [0.25, 0.3) is 12.2 Å². The summed E-state index contributed by atoms with van der Waals surface area (Å²) in [4.78, 5) is 30.6.